The summed E-state index contributed by atoms with van der Waals surface area (Å²) >= 11 is 0. The van der Waals surface area contributed by atoms with Crippen LogP contribution >= 0.6 is 0 Å². The Labute approximate surface area is 119 Å². The number of hydrogen-bond donors (Lipinski definition) is 2. The maximum Gasteiger partial charge on any atom is 1.00 e. The summed E-state index contributed by atoms with van der Waals surface area (Å²) in [6.07, 6.45) is 2.09. The molecule has 0 bridgehead atoms. The van der Waals surface area contributed by atoms with Gasteiger partial charge in [0.25, 0.3) is 0 Å². The number of carboxylic acids is 1. The molecule has 0 saturated carbocycles. The van der Waals surface area contributed by atoms with Gasteiger partial charge in [-0.3, -0.25) is 0 Å². The maximum atomic E-state index is 10.7. The van der Waals surface area contributed by atoms with E-state index in [-0.39, 0.29) is 36.5 Å². The molecule has 4 heteroatoms. The molecular formula is C12H17NaO3. The van der Waals surface area contributed by atoms with Gasteiger partial charge in [0, 0.05) is 0 Å². The van der Waals surface area contributed by atoms with E-state index in [0.29, 0.717) is 12.0 Å². The molecule has 1 rings (SSSR count). The Balaban J connectivity index is 0. The molecule has 0 aromatic heterocycles. The Morgan fingerprint density at radius 2 is 2.19 bits per heavy atom. The van der Waals surface area contributed by atoms with E-state index in [0.717, 1.165) is 12.8 Å². The number of hydrogen-bond acceptors (Lipinski definition) is 2. The molecule has 0 aliphatic rings. The summed E-state index contributed by atoms with van der Waals surface area (Å²) in [6, 6.07) is 6.47. The quantitative estimate of drug-likeness (QED) is 0.687. The van der Waals surface area contributed by atoms with Crippen LogP contribution in [0.1, 0.15) is 49.6 Å². The first-order chi connectivity index (χ1) is 7.15. The van der Waals surface area contributed by atoms with E-state index in [1.807, 2.05) is 0 Å². The van der Waals surface area contributed by atoms with Crippen LogP contribution in [0.15, 0.2) is 24.3 Å². The van der Waals surface area contributed by atoms with Gasteiger partial charge in [-0.25, -0.2) is 4.79 Å². The van der Waals surface area contributed by atoms with Crippen molar-refractivity contribution in [3.8, 4) is 0 Å². The molecule has 84 valence electrons. The van der Waals surface area contributed by atoms with Gasteiger partial charge in [-0.2, -0.15) is 0 Å². The Morgan fingerprint density at radius 1 is 1.50 bits per heavy atom. The van der Waals surface area contributed by atoms with Crippen LogP contribution in [0.2, 0.25) is 0 Å². The monoisotopic (exact) mass is 232 g/mol. The van der Waals surface area contributed by atoms with Crippen LogP contribution < -0.4 is 29.6 Å². The zero-order chi connectivity index (χ0) is 11.3. The van der Waals surface area contributed by atoms with E-state index in [1.165, 1.54) is 12.1 Å². The summed E-state index contributed by atoms with van der Waals surface area (Å²) in [5.41, 5.74) is 0.909. The summed E-state index contributed by atoms with van der Waals surface area (Å²) in [4.78, 5) is 10.7. The summed E-state index contributed by atoms with van der Waals surface area (Å²) in [5, 5.41) is 18.6. The summed E-state index contributed by atoms with van der Waals surface area (Å²) in [7, 11) is 0. The molecule has 0 amide bonds. The van der Waals surface area contributed by atoms with Crippen LogP contribution in [0.3, 0.4) is 0 Å². The molecule has 1 atom stereocenters. The smallest absolute Gasteiger partial charge is 1.00 e. The van der Waals surface area contributed by atoms with Crippen LogP contribution in [-0.2, 0) is 0 Å². The molecule has 0 spiro atoms. The predicted octanol–water partition coefficient (Wildman–Crippen LogP) is -0.275. The average Bonchev–Trinajstić information content (AvgIpc) is 2.26. The number of unbranched alkanes of at least 4 members (excludes halogenated alkanes) is 1. The topological polar surface area (TPSA) is 57.5 Å². The average molecular weight is 232 g/mol. The van der Waals surface area contributed by atoms with Crippen molar-refractivity contribution in [1.82, 2.24) is 0 Å². The van der Waals surface area contributed by atoms with Crippen LogP contribution in [-0.4, -0.2) is 16.2 Å². The van der Waals surface area contributed by atoms with E-state index >= 15 is 0 Å². The molecule has 0 fully saturated rings. The van der Waals surface area contributed by atoms with Crippen molar-refractivity contribution in [3.63, 3.8) is 0 Å². The second kappa shape index (κ2) is 7.85. The Kier molecular flexibility index (Phi) is 7.68. The third-order valence-electron chi connectivity index (χ3n) is 2.35. The molecule has 16 heavy (non-hydrogen) atoms. The van der Waals surface area contributed by atoms with Crippen molar-refractivity contribution in [3.05, 3.63) is 35.4 Å². The standard InChI is InChI=1S/C12H16O3.Na.H/c1-2-3-7-11(13)9-5-4-6-10(8-9)12(14)15;;/h4-6,8,11,13H,2-3,7H2,1H3,(H,14,15);;/q;+1;-1. The molecule has 0 heterocycles. The zero-order valence-corrected chi connectivity index (χ0v) is 11.8. The summed E-state index contributed by atoms with van der Waals surface area (Å²) in [5.74, 6) is -0.959. The summed E-state index contributed by atoms with van der Waals surface area (Å²) in [6.45, 7) is 2.06. The zero-order valence-electron chi connectivity index (χ0n) is 10.8. The molecule has 1 aromatic rings. The van der Waals surface area contributed by atoms with Gasteiger partial charge in [0.2, 0.25) is 0 Å². The number of aliphatic hydroxyl groups excluding tert-OH is 1. The molecule has 0 radical (unpaired) electrons. The second-order valence-electron chi connectivity index (χ2n) is 3.59. The van der Waals surface area contributed by atoms with Crippen LogP contribution in [0.25, 0.3) is 0 Å². The first-order valence-electron chi connectivity index (χ1n) is 5.16. The number of carbonyl (C=O) groups is 1. The van der Waals surface area contributed by atoms with Crippen LogP contribution in [0, 0.1) is 0 Å². The van der Waals surface area contributed by atoms with Crippen molar-refractivity contribution < 1.29 is 46.0 Å². The minimum absolute atomic E-state index is 0. The van der Waals surface area contributed by atoms with Crippen molar-refractivity contribution in [1.29, 1.82) is 0 Å². The van der Waals surface area contributed by atoms with E-state index in [2.05, 4.69) is 6.92 Å². The van der Waals surface area contributed by atoms with Crippen LogP contribution in [0.4, 0.5) is 0 Å². The van der Waals surface area contributed by atoms with Gasteiger partial charge in [0.15, 0.2) is 0 Å². The minimum atomic E-state index is -0.959. The van der Waals surface area contributed by atoms with E-state index in [4.69, 9.17) is 5.11 Å². The molecule has 0 saturated heterocycles. The van der Waals surface area contributed by atoms with Gasteiger partial charge in [0.1, 0.15) is 0 Å². The van der Waals surface area contributed by atoms with Crippen LogP contribution in [0.5, 0.6) is 0 Å². The van der Waals surface area contributed by atoms with Gasteiger partial charge in [0.05, 0.1) is 11.7 Å². The molecule has 1 unspecified atom stereocenters. The molecule has 3 nitrogen and oxygen atoms in total. The van der Waals surface area contributed by atoms with Crippen molar-refractivity contribution in [2.75, 3.05) is 0 Å². The largest absolute Gasteiger partial charge is 1.00 e. The maximum absolute atomic E-state index is 10.7. The van der Waals surface area contributed by atoms with Gasteiger partial charge in [-0.05, 0) is 24.1 Å². The van der Waals surface area contributed by atoms with Gasteiger partial charge < -0.3 is 11.6 Å². The Bertz CT molecular complexity index is 344. The first-order valence-corrected chi connectivity index (χ1v) is 5.16. The van der Waals surface area contributed by atoms with Gasteiger partial charge in [-0.15, -0.1) is 0 Å². The van der Waals surface area contributed by atoms with Crippen molar-refractivity contribution >= 4 is 5.97 Å². The fourth-order valence-electron chi connectivity index (χ4n) is 1.44. The molecule has 2 N–H and O–H groups in total. The molecular weight excluding hydrogens is 215 g/mol. The number of carboxylic acid groups (broad SMARTS) is 1. The van der Waals surface area contributed by atoms with E-state index in [1.54, 1.807) is 12.1 Å². The molecule has 1 aromatic carbocycles. The number of rotatable bonds is 5. The van der Waals surface area contributed by atoms with Gasteiger partial charge >= 0.3 is 35.5 Å². The number of benzene rings is 1. The van der Waals surface area contributed by atoms with Gasteiger partial charge in [-0.1, -0.05) is 31.9 Å². The normalized spacial score (nSPS) is 11.6. The minimum Gasteiger partial charge on any atom is -1.00 e. The third-order valence-corrected chi connectivity index (χ3v) is 2.35. The predicted molar refractivity (Wildman–Crippen MR) is 59.0 cm³/mol. The third kappa shape index (κ3) is 4.66. The molecule has 0 aliphatic carbocycles. The van der Waals surface area contributed by atoms with Crippen molar-refractivity contribution in [2.24, 2.45) is 0 Å². The van der Waals surface area contributed by atoms with Crippen molar-refractivity contribution in [2.45, 2.75) is 32.3 Å². The Morgan fingerprint density at radius 3 is 2.75 bits per heavy atom. The first kappa shape index (κ1) is 15.7. The fraction of sp³-hybridized carbons (Fsp3) is 0.417. The number of aromatic carboxylic acids is 1. The fourth-order valence-corrected chi connectivity index (χ4v) is 1.44. The van der Waals surface area contributed by atoms with E-state index < -0.39 is 12.1 Å². The summed E-state index contributed by atoms with van der Waals surface area (Å²) < 4.78 is 0. The SMILES string of the molecule is CCCCC(O)c1cccc(C(=O)O)c1.[H-].[Na+]. The second-order valence-corrected chi connectivity index (χ2v) is 3.59. The van der Waals surface area contributed by atoms with E-state index in [9.17, 15) is 9.90 Å². The Hall–Kier alpha value is -0.350. The molecule has 0 aliphatic heterocycles. The number of aliphatic hydroxyl groups is 1.